The van der Waals surface area contributed by atoms with E-state index in [9.17, 15) is 14.7 Å². The highest BCUT2D eigenvalue weighted by molar-refractivity contribution is 7.14. The van der Waals surface area contributed by atoms with Crippen LogP contribution in [-0.2, 0) is 10.4 Å². The van der Waals surface area contributed by atoms with Gasteiger partial charge in [0.25, 0.3) is 5.91 Å². The minimum absolute atomic E-state index is 0.254. The molecule has 0 saturated heterocycles. The third kappa shape index (κ3) is 2.26. The lowest BCUT2D eigenvalue weighted by Gasteiger charge is -2.20. The molecule has 0 unspecified atom stereocenters. The monoisotopic (exact) mass is 335 g/mol. The van der Waals surface area contributed by atoms with Gasteiger partial charge in [-0.2, -0.15) is 0 Å². The number of thiophene rings is 1. The molecule has 0 saturated carbocycles. The van der Waals surface area contributed by atoms with E-state index < -0.39 is 11.5 Å². The van der Waals surface area contributed by atoms with Crippen LogP contribution < -0.4 is 4.90 Å². The second-order valence-corrected chi connectivity index (χ2v) is 7.12. The fourth-order valence-electron chi connectivity index (χ4n) is 2.71. The lowest BCUT2D eigenvalue weighted by Crippen LogP contribution is -2.40. The first kappa shape index (κ1) is 15.2. The number of likely N-dealkylation sites (N-methyl/N-ethyl adjacent to an activating group) is 1. The average molecular weight is 336 g/mol. The second kappa shape index (κ2) is 5.19. The maximum absolute atomic E-state index is 12.5. The van der Waals surface area contributed by atoms with Crippen molar-refractivity contribution >= 4 is 40.3 Å². The van der Waals surface area contributed by atoms with Crippen molar-refractivity contribution < 1.29 is 14.7 Å². The van der Waals surface area contributed by atoms with Gasteiger partial charge in [0.2, 0.25) is 0 Å². The smallest absolute Gasteiger partial charge is 0.263 e. The van der Waals surface area contributed by atoms with Crippen LogP contribution in [0.2, 0.25) is 5.02 Å². The van der Waals surface area contributed by atoms with Crippen LogP contribution in [0.1, 0.15) is 26.5 Å². The Morgan fingerprint density at radius 3 is 2.73 bits per heavy atom. The topological polar surface area (TPSA) is 57.6 Å². The summed E-state index contributed by atoms with van der Waals surface area (Å²) >= 11 is 7.33. The van der Waals surface area contributed by atoms with Gasteiger partial charge in [-0.3, -0.25) is 9.59 Å². The first-order chi connectivity index (χ1) is 10.3. The maximum atomic E-state index is 12.5. The molecule has 4 nitrogen and oxygen atoms in total. The van der Waals surface area contributed by atoms with Crippen molar-refractivity contribution in [1.82, 2.24) is 0 Å². The Kier molecular flexibility index (Phi) is 3.59. The van der Waals surface area contributed by atoms with Gasteiger partial charge in [0.1, 0.15) is 0 Å². The molecule has 0 aliphatic carbocycles. The van der Waals surface area contributed by atoms with E-state index in [0.29, 0.717) is 21.2 Å². The molecule has 3 rings (SSSR count). The molecule has 1 N–H and O–H groups in total. The van der Waals surface area contributed by atoms with E-state index in [4.69, 9.17) is 11.6 Å². The number of aryl methyl sites for hydroxylation is 1. The number of benzene rings is 1. The number of carbonyl (C=O) groups excluding carboxylic acids is 2. The van der Waals surface area contributed by atoms with Crippen molar-refractivity contribution in [3.8, 4) is 0 Å². The van der Waals surface area contributed by atoms with Crippen molar-refractivity contribution in [2.75, 3.05) is 11.9 Å². The SMILES string of the molecule is Cc1ccc(C(=O)C[C@]2(O)C(=O)N(C)c3ccc(Cl)cc32)s1. The standard InChI is InChI=1S/C16H14ClNO3S/c1-9-3-6-14(22-9)13(19)8-16(21)11-7-10(17)4-5-12(11)18(2)15(16)20/h3-7,21H,8H2,1-2H3/t16-/m1/s1. The van der Waals surface area contributed by atoms with Gasteiger partial charge in [-0.05, 0) is 37.3 Å². The minimum atomic E-state index is -1.86. The summed E-state index contributed by atoms with van der Waals surface area (Å²) in [6.45, 7) is 1.90. The zero-order valence-corrected chi connectivity index (χ0v) is 13.7. The number of carbonyl (C=O) groups is 2. The molecular formula is C16H14ClNO3S. The van der Waals surface area contributed by atoms with E-state index in [2.05, 4.69) is 0 Å². The molecule has 2 aromatic rings. The molecule has 1 amide bonds. The number of halogens is 1. The quantitative estimate of drug-likeness (QED) is 0.877. The molecule has 2 heterocycles. The number of ketones is 1. The minimum Gasteiger partial charge on any atom is -0.375 e. The Bertz CT molecular complexity index is 785. The van der Waals surface area contributed by atoms with Gasteiger partial charge in [-0.15, -0.1) is 11.3 Å². The number of nitrogens with zero attached hydrogens (tertiary/aromatic N) is 1. The Labute approximate surface area is 136 Å². The Morgan fingerprint density at radius 1 is 1.36 bits per heavy atom. The highest BCUT2D eigenvalue weighted by atomic mass is 35.5. The number of hydrogen-bond donors (Lipinski definition) is 1. The summed E-state index contributed by atoms with van der Waals surface area (Å²) in [4.78, 5) is 27.8. The summed E-state index contributed by atoms with van der Waals surface area (Å²) in [5.74, 6) is -0.762. The molecule has 1 aliphatic heterocycles. The molecule has 6 heteroatoms. The summed E-state index contributed by atoms with van der Waals surface area (Å²) < 4.78 is 0. The van der Waals surface area contributed by atoms with Crippen LogP contribution in [0.3, 0.4) is 0 Å². The number of rotatable bonds is 3. The number of amides is 1. The molecular weight excluding hydrogens is 322 g/mol. The van der Waals surface area contributed by atoms with E-state index in [1.165, 1.54) is 16.2 Å². The highest BCUT2D eigenvalue weighted by Crippen LogP contribution is 2.43. The molecule has 114 valence electrons. The van der Waals surface area contributed by atoms with E-state index >= 15 is 0 Å². The Hall–Kier alpha value is -1.69. The third-order valence-electron chi connectivity index (χ3n) is 3.86. The summed E-state index contributed by atoms with van der Waals surface area (Å²) in [5, 5.41) is 11.3. The number of Topliss-reactive ketones (excluding diaryl/α,β-unsaturated/α-hetero) is 1. The van der Waals surface area contributed by atoms with Crippen LogP contribution in [0.25, 0.3) is 0 Å². The van der Waals surface area contributed by atoms with Crippen molar-refractivity contribution in [2.45, 2.75) is 18.9 Å². The van der Waals surface area contributed by atoms with Crippen LogP contribution in [0.5, 0.6) is 0 Å². The molecule has 1 aliphatic rings. The van der Waals surface area contributed by atoms with Crippen LogP contribution in [0.15, 0.2) is 30.3 Å². The van der Waals surface area contributed by atoms with E-state index in [1.54, 1.807) is 31.3 Å². The van der Waals surface area contributed by atoms with Gasteiger partial charge < -0.3 is 10.0 Å². The summed E-state index contributed by atoms with van der Waals surface area (Å²) in [5.41, 5.74) is -0.898. The summed E-state index contributed by atoms with van der Waals surface area (Å²) in [6, 6.07) is 8.43. The van der Waals surface area contributed by atoms with Gasteiger partial charge in [0.05, 0.1) is 17.0 Å². The molecule has 0 bridgehead atoms. The number of hydrogen-bond acceptors (Lipinski definition) is 4. The number of fused-ring (bicyclic) bond motifs is 1. The largest absolute Gasteiger partial charge is 0.375 e. The average Bonchev–Trinajstić information content (AvgIpc) is 2.98. The van der Waals surface area contributed by atoms with Gasteiger partial charge >= 0.3 is 0 Å². The van der Waals surface area contributed by atoms with Gasteiger partial charge in [-0.1, -0.05) is 11.6 Å². The van der Waals surface area contributed by atoms with Crippen molar-refractivity contribution in [3.05, 3.63) is 50.7 Å². The van der Waals surface area contributed by atoms with E-state index in [1.807, 2.05) is 13.0 Å². The highest BCUT2D eigenvalue weighted by Gasteiger charge is 2.49. The van der Waals surface area contributed by atoms with Gasteiger partial charge in [0, 0.05) is 22.5 Å². The first-order valence-corrected chi connectivity index (χ1v) is 7.92. The Morgan fingerprint density at radius 2 is 2.09 bits per heavy atom. The summed E-state index contributed by atoms with van der Waals surface area (Å²) in [7, 11) is 1.58. The zero-order valence-electron chi connectivity index (χ0n) is 12.1. The van der Waals surface area contributed by atoms with Crippen molar-refractivity contribution in [1.29, 1.82) is 0 Å². The van der Waals surface area contributed by atoms with Crippen LogP contribution in [0.4, 0.5) is 5.69 Å². The molecule has 1 atom stereocenters. The van der Waals surface area contributed by atoms with Crippen LogP contribution in [0, 0.1) is 6.92 Å². The Balaban J connectivity index is 2.00. The van der Waals surface area contributed by atoms with Gasteiger partial charge in [0.15, 0.2) is 11.4 Å². The fourth-order valence-corrected chi connectivity index (χ4v) is 3.69. The number of anilines is 1. The molecule has 0 fully saturated rings. The van der Waals surface area contributed by atoms with Crippen LogP contribution >= 0.6 is 22.9 Å². The first-order valence-electron chi connectivity index (χ1n) is 6.73. The lowest BCUT2D eigenvalue weighted by molar-refractivity contribution is -0.135. The van der Waals surface area contributed by atoms with Gasteiger partial charge in [-0.25, -0.2) is 0 Å². The van der Waals surface area contributed by atoms with E-state index in [0.717, 1.165) is 4.88 Å². The third-order valence-corrected chi connectivity index (χ3v) is 5.13. The molecule has 0 spiro atoms. The van der Waals surface area contributed by atoms with E-state index in [-0.39, 0.29) is 12.2 Å². The maximum Gasteiger partial charge on any atom is 0.263 e. The molecule has 0 radical (unpaired) electrons. The zero-order chi connectivity index (χ0) is 16.1. The molecule has 22 heavy (non-hydrogen) atoms. The second-order valence-electron chi connectivity index (χ2n) is 5.40. The van der Waals surface area contributed by atoms with Crippen LogP contribution in [-0.4, -0.2) is 23.8 Å². The normalized spacial score (nSPS) is 20.4. The predicted molar refractivity (Wildman–Crippen MR) is 86.8 cm³/mol. The molecule has 1 aromatic carbocycles. The summed E-state index contributed by atoms with van der Waals surface area (Å²) in [6.07, 6.45) is -0.288. The molecule has 1 aromatic heterocycles. The lowest BCUT2D eigenvalue weighted by atomic mass is 9.89. The van der Waals surface area contributed by atoms with Crippen molar-refractivity contribution in [3.63, 3.8) is 0 Å². The number of aliphatic hydroxyl groups is 1. The fraction of sp³-hybridized carbons (Fsp3) is 0.250. The van der Waals surface area contributed by atoms with Crippen molar-refractivity contribution in [2.24, 2.45) is 0 Å². The predicted octanol–water partition coefficient (Wildman–Crippen LogP) is 3.15.